The summed E-state index contributed by atoms with van der Waals surface area (Å²) in [6.45, 7) is 7.37. The molecule has 3 heteroatoms. The number of rotatable bonds is 13. The van der Waals surface area contributed by atoms with E-state index in [1.165, 1.54) is 49.6 Å². The molecular weight excluding hydrogens is 587 g/mol. The summed E-state index contributed by atoms with van der Waals surface area (Å²) in [4.78, 5) is 0. The second-order valence-electron chi connectivity index (χ2n) is 12.4. The molecule has 1 aromatic heterocycles. The van der Waals surface area contributed by atoms with Crippen LogP contribution in [0.4, 0.5) is 0 Å². The number of nitrogens with zero attached hydrogens (tertiary/aromatic N) is 1. The third-order valence-corrected chi connectivity index (χ3v) is 9.04. The van der Waals surface area contributed by atoms with E-state index < -0.39 is 0 Å². The maximum absolute atomic E-state index is 6.14. The van der Waals surface area contributed by atoms with Gasteiger partial charge in [-0.05, 0) is 121 Å². The lowest BCUT2D eigenvalue weighted by Crippen LogP contribution is -2.00. The van der Waals surface area contributed by atoms with E-state index in [1.807, 2.05) is 30.3 Å². The van der Waals surface area contributed by atoms with Crippen molar-refractivity contribution in [2.24, 2.45) is 0 Å². The van der Waals surface area contributed by atoms with E-state index in [9.17, 15) is 0 Å². The first-order chi connectivity index (χ1) is 23.7. The van der Waals surface area contributed by atoms with Gasteiger partial charge in [0.15, 0.2) is 0 Å². The van der Waals surface area contributed by atoms with Crippen molar-refractivity contribution in [2.45, 2.75) is 32.6 Å². The first-order valence-corrected chi connectivity index (χ1v) is 17.0. The van der Waals surface area contributed by atoms with Crippen LogP contribution in [0.1, 0.15) is 36.8 Å². The Labute approximate surface area is 283 Å². The Balaban J connectivity index is 1.05. The van der Waals surface area contributed by atoms with Crippen LogP contribution in [0.2, 0.25) is 0 Å². The van der Waals surface area contributed by atoms with Gasteiger partial charge in [0.05, 0.1) is 24.2 Å². The fraction of sp³-hybridized carbons (Fsp3) is 0.156. The number of benzene rings is 6. The van der Waals surface area contributed by atoms with E-state index in [0.717, 1.165) is 55.0 Å². The fourth-order valence-corrected chi connectivity index (χ4v) is 6.37. The molecule has 1 heterocycles. The second kappa shape index (κ2) is 14.5. The van der Waals surface area contributed by atoms with E-state index in [0.29, 0.717) is 6.61 Å². The van der Waals surface area contributed by atoms with Crippen LogP contribution in [0.3, 0.4) is 0 Å². The van der Waals surface area contributed by atoms with Crippen molar-refractivity contribution in [3.8, 4) is 39.4 Å². The molecule has 0 fully saturated rings. The van der Waals surface area contributed by atoms with Crippen LogP contribution in [0.5, 0.6) is 11.5 Å². The zero-order chi connectivity index (χ0) is 32.7. The maximum Gasteiger partial charge on any atom is 0.119 e. The first-order valence-electron chi connectivity index (χ1n) is 17.0. The Hall–Kier alpha value is -5.54. The van der Waals surface area contributed by atoms with Gasteiger partial charge < -0.3 is 14.0 Å². The van der Waals surface area contributed by atoms with Gasteiger partial charge in [-0.15, -0.1) is 0 Å². The highest BCUT2D eigenvalue weighted by molar-refractivity contribution is 6.11. The summed E-state index contributed by atoms with van der Waals surface area (Å²) < 4.78 is 14.4. The Morgan fingerprint density at radius 2 is 1.02 bits per heavy atom. The average molecular weight is 628 g/mol. The van der Waals surface area contributed by atoms with Crippen molar-refractivity contribution in [3.63, 3.8) is 0 Å². The molecule has 238 valence electrons. The molecule has 0 aliphatic carbocycles. The molecule has 0 saturated carbocycles. The Morgan fingerprint density at radius 3 is 1.56 bits per heavy atom. The molecule has 0 bridgehead atoms. The van der Waals surface area contributed by atoms with Gasteiger partial charge in [0, 0.05) is 16.5 Å². The van der Waals surface area contributed by atoms with Gasteiger partial charge in [-0.1, -0.05) is 97.1 Å². The van der Waals surface area contributed by atoms with E-state index in [1.54, 1.807) is 0 Å². The average Bonchev–Trinajstić information content (AvgIpc) is 3.47. The summed E-state index contributed by atoms with van der Waals surface area (Å²) in [6.07, 6.45) is 6.15. The number of hydrogen-bond acceptors (Lipinski definition) is 2. The van der Waals surface area contributed by atoms with Crippen molar-refractivity contribution >= 4 is 27.9 Å². The fourth-order valence-electron chi connectivity index (χ4n) is 6.37. The Bertz CT molecular complexity index is 2120. The molecule has 48 heavy (non-hydrogen) atoms. The SMILES string of the molecule is C=Cc1ccc(OCCCCCCOc2ccc(-n3c4ccc(-c5ccccc5)cc4c4cc(-c5ccc(C)cc5)ccc43)cc2)cc1. The summed E-state index contributed by atoms with van der Waals surface area (Å²) in [7, 11) is 0. The number of unbranched alkanes of at least 4 members (excludes halogenated alkanes) is 3. The molecular formula is C45H41NO2. The molecule has 0 aliphatic heterocycles. The summed E-state index contributed by atoms with van der Waals surface area (Å²) in [5, 5.41) is 2.49. The molecule has 0 atom stereocenters. The molecule has 0 amide bonds. The summed E-state index contributed by atoms with van der Waals surface area (Å²) in [6, 6.07) is 49.7. The number of aromatic nitrogens is 1. The Kier molecular flexibility index (Phi) is 9.38. The molecule has 0 saturated heterocycles. The predicted molar refractivity (Wildman–Crippen MR) is 202 cm³/mol. The third-order valence-electron chi connectivity index (χ3n) is 9.04. The number of hydrogen-bond donors (Lipinski definition) is 0. The minimum Gasteiger partial charge on any atom is -0.494 e. The topological polar surface area (TPSA) is 23.4 Å². The Morgan fingerprint density at radius 1 is 0.521 bits per heavy atom. The minimum atomic E-state index is 0.711. The number of ether oxygens (including phenoxy) is 2. The van der Waals surface area contributed by atoms with Gasteiger partial charge in [0.1, 0.15) is 11.5 Å². The largest absolute Gasteiger partial charge is 0.494 e. The van der Waals surface area contributed by atoms with E-state index in [-0.39, 0.29) is 0 Å². The van der Waals surface area contributed by atoms with Gasteiger partial charge in [-0.25, -0.2) is 0 Å². The smallest absolute Gasteiger partial charge is 0.119 e. The monoisotopic (exact) mass is 627 g/mol. The van der Waals surface area contributed by atoms with Gasteiger partial charge in [0.25, 0.3) is 0 Å². The molecule has 7 rings (SSSR count). The van der Waals surface area contributed by atoms with Gasteiger partial charge in [-0.3, -0.25) is 0 Å². The van der Waals surface area contributed by atoms with Crippen molar-refractivity contribution in [2.75, 3.05) is 13.2 Å². The molecule has 0 N–H and O–H groups in total. The highest BCUT2D eigenvalue weighted by Gasteiger charge is 2.15. The maximum atomic E-state index is 6.14. The van der Waals surface area contributed by atoms with Crippen LogP contribution in [0, 0.1) is 6.92 Å². The molecule has 3 nitrogen and oxygen atoms in total. The van der Waals surface area contributed by atoms with E-state index >= 15 is 0 Å². The number of fused-ring (bicyclic) bond motifs is 3. The molecule has 6 aromatic carbocycles. The zero-order valence-corrected chi connectivity index (χ0v) is 27.6. The van der Waals surface area contributed by atoms with Crippen LogP contribution in [-0.2, 0) is 0 Å². The van der Waals surface area contributed by atoms with Crippen LogP contribution in [0.15, 0.2) is 146 Å². The summed E-state index contributed by atoms with van der Waals surface area (Å²) in [5.74, 6) is 1.82. The molecule has 0 aliphatic rings. The summed E-state index contributed by atoms with van der Waals surface area (Å²) >= 11 is 0. The normalized spacial score (nSPS) is 11.2. The molecule has 0 spiro atoms. The highest BCUT2D eigenvalue weighted by atomic mass is 16.5. The van der Waals surface area contributed by atoms with Gasteiger partial charge in [-0.2, -0.15) is 0 Å². The lowest BCUT2D eigenvalue weighted by molar-refractivity contribution is 0.287. The third kappa shape index (κ3) is 6.91. The van der Waals surface area contributed by atoms with Crippen LogP contribution in [0.25, 0.3) is 55.8 Å². The van der Waals surface area contributed by atoms with Crippen LogP contribution >= 0.6 is 0 Å². The van der Waals surface area contributed by atoms with Crippen molar-refractivity contribution in [1.82, 2.24) is 4.57 Å². The molecule has 7 aromatic rings. The van der Waals surface area contributed by atoms with Gasteiger partial charge in [0.2, 0.25) is 0 Å². The summed E-state index contributed by atoms with van der Waals surface area (Å²) in [5.41, 5.74) is 10.8. The quantitative estimate of drug-likeness (QED) is 0.119. The number of aryl methyl sites for hydroxylation is 1. The van der Waals surface area contributed by atoms with Crippen molar-refractivity contribution in [3.05, 3.63) is 157 Å². The van der Waals surface area contributed by atoms with E-state index in [2.05, 4.69) is 133 Å². The molecule has 0 radical (unpaired) electrons. The van der Waals surface area contributed by atoms with Gasteiger partial charge >= 0.3 is 0 Å². The van der Waals surface area contributed by atoms with Crippen LogP contribution < -0.4 is 9.47 Å². The highest BCUT2D eigenvalue weighted by Crippen LogP contribution is 2.37. The van der Waals surface area contributed by atoms with E-state index in [4.69, 9.17) is 9.47 Å². The molecule has 0 unspecified atom stereocenters. The first kappa shape index (κ1) is 31.1. The minimum absolute atomic E-state index is 0.711. The lowest BCUT2D eigenvalue weighted by Gasteiger charge is -2.11. The van der Waals surface area contributed by atoms with Crippen molar-refractivity contribution in [1.29, 1.82) is 0 Å². The second-order valence-corrected chi connectivity index (χ2v) is 12.4. The van der Waals surface area contributed by atoms with Crippen molar-refractivity contribution < 1.29 is 9.47 Å². The lowest BCUT2D eigenvalue weighted by atomic mass is 10.00. The predicted octanol–water partition coefficient (Wildman–Crippen LogP) is 12.1. The zero-order valence-electron chi connectivity index (χ0n) is 27.6. The standard InChI is InChI=1S/C45H41NO2/c1-3-34-15-23-40(24-16-34)47-29-9-4-5-10-30-48-41-25-21-39(22-26-41)46-44-27-19-37(35-11-7-6-8-12-35)31-42(44)43-32-38(20-28-45(43)46)36-17-13-33(2)14-18-36/h3,6-8,11-28,31-32H,1,4-5,9-10,29-30H2,2H3. The van der Waals surface area contributed by atoms with Crippen LogP contribution in [-0.4, -0.2) is 17.8 Å².